The average Bonchev–Trinajstić information content (AvgIpc) is 2.48. The van der Waals surface area contributed by atoms with Gasteiger partial charge in [0, 0.05) is 23.8 Å². The van der Waals surface area contributed by atoms with E-state index in [4.69, 9.17) is 14.2 Å². The van der Waals surface area contributed by atoms with Gasteiger partial charge in [0.25, 0.3) is 0 Å². The third-order valence-corrected chi connectivity index (χ3v) is 3.64. The zero-order valence-electron chi connectivity index (χ0n) is 11.2. The third kappa shape index (κ3) is 3.42. The molecule has 0 heterocycles. The molecule has 0 amide bonds. The van der Waals surface area contributed by atoms with Gasteiger partial charge in [-0.25, -0.2) is 4.39 Å². The summed E-state index contributed by atoms with van der Waals surface area (Å²) in [6.45, 7) is 0.245. The van der Waals surface area contributed by atoms with E-state index in [0.717, 1.165) is 5.56 Å². The minimum absolute atomic E-state index is 0.245. The van der Waals surface area contributed by atoms with Crippen LogP contribution in [0.5, 0.6) is 17.2 Å². The Bertz CT molecular complexity index is 579. The molecule has 2 aromatic rings. The Kier molecular flexibility index (Phi) is 4.84. The van der Waals surface area contributed by atoms with Crippen molar-refractivity contribution in [1.82, 2.24) is 0 Å². The summed E-state index contributed by atoms with van der Waals surface area (Å²) in [6.07, 6.45) is 0. The first-order valence-corrected chi connectivity index (χ1v) is 6.72. The molecule has 0 saturated carbocycles. The summed E-state index contributed by atoms with van der Waals surface area (Å²) >= 11 is 3.21. The van der Waals surface area contributed by atoms with Gasteiger partial charge in [-0.15, -0.1) is 0 Å². The van der Waals surface area contributed by atoms with Crippen LogP contribution in [-0.2, 0) is 6.61 Å². The molecule has 0 aliphatic rings. The Labute approximate surface area is 125 Å². The molecular weight excluding hydrogens is 327 g/mol. The summed E-state index contributed by atoms with van der Waals surface area (Å²) in [5.74, 6) is 1.56. The molecular formula is C15H14BrFO3. The first-order valence-electron chi connectivity index (χ1n) is 5.93. The van der Waals surface area contributed by atoms with Gasteiger partial charge < -0.3 is 14.2 Å². The van der Waals surface area contributed by atoms with E-state index in [2.05, 4.69) is 15.9 Å². The van der Waals surface area contributed by atoms with E-state index < -0.39 is 0 Å². The molecule has 0 fully saturated rings. The van der Waals surface area contributed by atoms with Crippen molar-refractivity contribution in [2.45, 2.75) is 6.61 Å². The number of hydrogen-bond donors (Lipinski definition) is 0. The lowest BCUT2D eigenvalue weighted by molar-refractivity contribution is 0.299. The quantitative estimate of drug-likeness (QED) is 0.816. The molecule has 0 atom stereocenters. The second-order valence-corrected chi connectivity index (χ2v) is 4.84. The SMILES string of the molecule is COc1cc(OC)cc(OCc2cccc(F)c2Br)c1. The van der Waals surface area contributed by atoms with Gasteiger partial charge in [-0.2, -0.15) is 0 Å². The Morgan fingerprint density at radius 2 is 1.60 bits per heavy atom. The van der Waals surface area contributed by atoms with Crippen molar-refractivity contribution < 1.29 is 18.6 Å². The second-order valence-electron chi connectivity index (χ2n) is 4.05. The minimum atomic E-state index is -0.311. The van der Waals surface area contributed by atoms with E-state index in [1.807, 2.05) is 0 Å². The number of rotatable bonds is 5. The fourth-order valence-electron chi connectivity index (χ4n) is 1.69. The van der Waals surface area contributed by atoms with Crippen molar-refractivity contribution in [2.24, 2.45) is 0 Å². The molecule has 0 aliphatic carbocycles. The molecule has 0 bridgehead atoms. The molecule has 20 heavy (non-hydrogen) atoms. The minimum Gasteiger partial charge on any atom is -0.496 e. The van der Waals surface area contributed by atoms with Crippen molar-refractivity contribution in [3.05, 3.63) is 52.3 Å². The molecule has 2 rings (SSSR count). The lowest BCUT2D eigenvalue weighted by Gasteiger charge is -2.11. The second kappa shape index (κ2) is 6.61. The zero-order valence-corrected chi connectivity index (χ0v) is 12.7. The molecule has 0 spiro atoms. The predicted molar refractivity (Wildman–Crippen MR) is 78.0 cm³/mol. The Balaban J connectivity index is 2.16. The van der Waals surface area contributed by atoms with Crippen LogP contribution in [-0.4, -0.2) is 14.2 Å². The van der Waals surface area contributed by atoms with Crippen LogP contribution in [0, 0.1) is 5.82 Å². The monoisotopic (exact) mass is 340 g/mol. The highest BCUT2D eigenvalue weighted by Gasteiger charge is 2.07. The van der Waals surface area contributed by atoms with Crippen molar-refractivity contribution in [3.8, 4) is 17.2 Å². The van der Waals surface area contributed by atoms with Crippen LogP contribution in [0.3, 0.4) is 0 Å². The summed E-state index contributed by atoms with van der Waals surface area (Å²) in [7, 11) is 3.14. The number of ether oxygens (including phenoxy) is 3. The van der Waals surface area contributed by atoms with Crippen LogP contribution in [0.25, 0.3) is 0 Å². The zero-order chi connectivity index (χ0) is 14.5. The van der Waals surface area contributed by atoms with Crippen LogP contribution < -0.4 is 14.2 Å². The smallest absolute Gasteiger partial charge is 0.137 e. The van der Waals surface area contributed by atoms with Gasteiger partial charge in [0.1, 0.15) is 29.7 Å². The fourth-order valence-corrected chi connectivity index (χ4v) is 2.06. The van der Waals surface area contributed by atoms with Gasteiger partial charge in [0.15, 0.2) is 0 Å². The normalized spacial score (nSPS) is 10.2. The highest BCUT2D eigenvalue weighted by Crippen LogP contribution is 2.29. The van der Waals surface area contributed by atoms with Crippen molar-refractivity contribution >= 4 is 15.9 Å². The van der Waals surface area contributed by atoms with E-state index in [0.29, 0.717) is 21.7 Å². The van der Waals surface area contributed by atoms with E-state index >= 15 is 0 Å². The topological polar surface area (TPSA) is 27.7 Å². The van der Waals surface area contributed by atoms with Crippen molar-refractivity contribution in [1.29, 1.82) is 0 Å². The van der Waals surface area contributed by atoms with Gasteiger partial charge >= 0.3 is 0 Å². The Morgan fingerprint density at radius 3 is 2.20 bits per heavy atom. The number of benzene rings is 2. The Morgan fingerprint density at radius 1 is 1.00 bits per heavy atom. The molecule has 106 valence electrons. The van der Waals surface area contributed by atoms with Crippen LogP contribution >= 0.6 is 15.9 Å². The standard InChI is InChI=1S/C15H14BrFO3/c1-18-11-6-12(19-2)8-13(7-11)20-9-10-4-3-5-14(17)15(10)16/h3-8H,9H2,1-2H3. The maximum absolute atomic E-state index is 13.4. The van der Waals surface area contributed by atoms with Crippen LogP contribution in [0.15, 0.2) is 40.9 Å². The number of halogens is 2. The van der Waals surface area contributed by atoms with Crippen molar-refractivity contribution in [2.75, 3.05) is 14.2 Å². The van der Waals surface area contributed by atoms with Crippen LogP contribution in [0.4, 0.5) is 4.39 Å². The van der Waals surface area contributed by atoms with Crippen LogP contribution in [0.2, 0.25) is 0 Å². The molecule has 0 radical (unpaired) electrons. The summed E-state index contributed by atoms with van der Waals surface area (Å²) in [5, 5.41) is 0. The highest BCUT2D eigenvalue weighted by atomic mass is 79.9. The lowest BCUT2D eigenvalue weighted by Crippen LogP contribution is -1.98. The molecule has 0 unspecified atom stereocenters. The molecule has 0 aliphatic heterocycles. The summed E-state index contributed by atoms with van der Waals surface area (Å²) in [4.78, 5) is 0. The lowest BCUT2D eigenvalue weighted by atomic mass is 10.2. The Hall–Kier alpha value is -1.75. The average molecular weight is 341 g/mol. The van der Waals surface area contributed by atoms with E-state index in [1.54, 1.807) is 44.6 Å². The highest BCUT2D eigenvalue weighted by molar-refractivity contribution is 9.10. The molecule has 0 saturated heterocycles. The first-order chi connectivity index (χ1) is 9.63. The van der Waals surface area contributed by atoms with Gasteiger partial charge in [-0.05, 0) is 22.0 Å². The molecule has 0 N–H and O–H groups in total. The fraction of sp³-hybridized carbons (Fsp3) is 0.200. The van der Waals surface area contributed by atoms with E-state index in [1.165, 1.54) is 6.07 Å². The van der Waals surface area contributed by atoms with Crippen LogP contribution in [0.1, 0.15) is 5.56 Å². The van der Waals surface area contributed by atoms with Gasteiger partial charge in [-0.1, -0.05) is 12.1 Å². The van der Waals surface area contributed by atoms with Gasteiger partial charge in [0.05, 0.1) is 18.7 Å². The van der Waals surface area contributed by atoms with E-state index in [9.17, 15) is 4.39 Å². The first kappa shape index (κ1) is 14.7. The number of hydrogen-bond acceptors (Lipinski definition) is 3. The van der Waals surface area contributed by atoms with Gasteiger partial charge in [0.2, 0.25) is 0 Å². The maximum atomic E-state index is 13.4. The summed E-state index contributed by atoms with van der Waals surface area (Å²) < 4.78 is 29.8. The largest absolute Gasteiger partial charge is 0.496 e. The summed E-state index contributed by atoms with van der Waals surface area (Å²) in [6, 6.07) is 10.1. The molecule has 5 heteroatoms. The van der Waals surface area contributed by atoms with Crippen molar-refractivity contribution in [3.63, 3.8) is 0 Å². The summed E-state index contributed by atoms with van der Waals surface area (Å²) in [5.41, 5.74) is 0.729. The maximum Gasteiger partial charge on any atom is 0.137 e. The van der Waals surface area contributed by atoms with E-state index in [-0.39, 0.29) is 12.4 Å². The molecule has 2 aromatic carbocycles. The third-order valence-electron chi connectivity index (χ3n) is 2.75. The predicted octanol–water partition coefficient (Wildman–Crippen LogP) is 4.18. The number of methoxy groups -OCH3 is 2. The van der Waals surface area contributed by atoms with Gasteiger partial charge in [-0.3, -0.25) is 0 Å². The molecule has 3 nitrogen and oxygen atoms in total. The molecule has 0 aromatic heterocycles.